The maximum Gasteiger partial charge on any atom is 0.269 e. The van der Waals surface area contributed by atoms with Gasteiger partial charge in [-0.1, -0.05) is 11.6 Å². The second-order valence-corrected chi connectivity index (χ2v) is 6.86. The van der Waals surface area contributed by atoms with Gasteiger partial charge in [0.25, 0.3) is 11.8 Å². The summed E-state index contributed by atoms with van der Waals surface area (Å²) in [7, 11) is 0. The fourth-order valence-corrected chi connectivity index (χ4v) is 2.86. The molecule has 0 aliphatic heterocycles. The number of carbonyl (C=O) groups excluding carboxylic acids is 2. The smallest absolute Gasteiger partial charge is 0.268 e. The molecule has 0 spiro atoms. The van der Waals surface area contributed by atoms with Crippen molar-refractivity contribution in [3.8, 4) is 0 Å². The van der Waals surface area contributed by atoms with Crippen LogP contribution in [0.4, 0.5) is 0 Å². The topological polar surface area (TPSA) is 58.2 Å². The van der Waals surface area contributed by atoms with E-state index in [1.807, 2.05) is 12.1 Å². The Morgan fingerprint density at radius 3 is 2.43 bits per heavy atom. The summed E-state index contributed by atoms with van der Waals surface area (Å²) in [5, 5.41) is 0.542. The van der Waals surface area contributed by atoms with Gasteiger partial charge in [0.15, 0.2) is 0 Å². The van der Waals surface area contributed by atoms with Gasteiger partial charge in [0.2, 0.25) is 0 Å². The van der Waals surface area contributed by atoms with Crippen molar-refractivity contribution in [1.82, 2.24) is 10.9 Å². The largest absolute Gasteiger partial charge is 0.269 e. The van der Waals surface area contributed by atoms with Crippen LogP contribution in [0.3, 0.4) is 0 Å². The van der Waals surface area contributed by atoms with Crippen LogP contribution in [0, 0.1) is 0 Å². The van der Waals surface area contributed by atoms with Crippen LogP contribution in [-0.2, 0) is 4.79 Å². The van der Waals surface area contributed by atoms with Gasteiger partial charge in [-0.25, -0.2) is 0 Å². The molecule has 4 nitrogen and oxygen atoms in total. The highest BCUT2D eigenvalue weighted by Crippen LogP contribution is 2.22. The number of benzene rings is 1. The Labute approximate surface area is 138 Å². The molecule has 1 heterocycles. The van der Waals surface area contributed by atoms with Crippen LogP contribution in [0.15, 0.2) is 46.3 Å². The maximum atomic E-state index is 11.7. The van der Waals surface area contributed by atoms with E-state index < -0.39 is 11.8 Å². The molecule has 2 rings (SSSR count). The van der Waals surface area contributed by atoms with E-state index >= 15 is 0 Å². The quantitative estimate of drug-likeness (QED) is 0.626. The highest BCUT2D eigenvalue weighted by molar-refractivity contribution is 9.11. The lowest BCUT2D eigenvalue weighted by molar-refractivity contribution is -0.117. The van der Waals surface area contributed by atoms with E-state index in [-0.39, 0.29) is 0 Å². The molecule has 0 saturated heterocycles. The molecule has 7 heteroatoms. The summed E-state index contributed by atoms with van der Waals surface area (Å²) in [4.78, 5) is 24.2. The standard InChI is InChI=1S/C14H10BrClN2O2S/c15-12-7-5-11(21-12)6-8-13(19)17-18-14(20)9-1-3-10(16)4-2-9/h1-8H,(H,17,19)(H,18,20)/b8-6+. The van der Waals surface area contributed by atoms with E-state index in [0.717, 1.165) is 8.66 Å². The molecule has 0 aliphatic rings. The normalized spacial score (nSPS) is 10.6. The number of rotatable bonds is 3. The Morgan fingerprint density at radius 1 is 1.10 bits per heavy atom. The number of halogens is 2. The molecule has 2 amide bonds. The molecule has 1 aromatic heterocycles. The molecular formula is C14H10BrClN2O2S. The Morgan fingerprint density at radius 2 is 1.81 bits per heavy atom. The third-order valence-corrected chi connectivity index (χ3v) is 4.24. The summed E-state index contributed by atoms with van der Waals surface area (Å²) in [6.07, 6.45) is 3.01. The first-order chi connectivity index (χ1) is 10.0. The molecule has 0 aliphatic carbocycles. The predicted octanol–water partition coefficient (Wildman–Crippen LogP) is 3.64. The Kier molecular flexibility index (Phi) is 5.55. The van der Waals surface area contributed by atoms with Gasteiger partial charge in [0, 0.05) is 21.5 Å². The zero-order chi connectivity index (χ0) is 15.2. The predicted molar refractivity (Wildman–Crippen MR) is 88.1 cm³/mol. The van der Waals surface area contributed by atoms with E-state index in [1.54, 1.807) is 30.3 Å². The van der Waals surface area contributed by atoms with Gasteiger partial charge >= 0.3 is 0 Å². The van der Waals surface area contributed by atoms with Crippen LogP contribution in [0.2, 0.25) is 5.02 Å². The Bertz CT molecular complexity index is 683. The zero-order valence-electron chi connectivity index (χ0n) is 10.6. The second kappa shape index (κ2) is 7.40. The highest BCUT2D eigenvalue weighted by atomic mass is 79.9. The van der Waals surface area contributed by atoms with Gasteiger partial charge in [-0.2, -0.15) is 0 Å². The molecule has 2 N–H and O–H groups in total. The van der Waals surface area contributed by atoms with Gasteiger partial charge in [-0.3, -0.25) is 20.4 Å². The molecule has 108 valence electrons. The molecule has 21 heavy (non-hydrogen) atoms. The first-order valence-corrected chi connectivity index (χ1v) is 7.82. The highest BCUT2D eigenvalue weighted by Gasteiger charge is 2.05. The molecule has 0 bridgehead atoms. The number of hydrazine groups is 1. The lowest BCUT2D eigenvalue weighted by Crippen LogP contribution is -2.40. The van der Waals surface area contributed by atoms with E-state index in [0.29, 0.717) is 10.6 Å². The van der Waals surface area contributed by atoms with Gasteiger partial charge < -0.3 is 0 Å². The number of nitrogens with one attached hydrogen (secondary N) is 2. The van der Waals surface area contributed by atoms with Crippen molar-refractivity contribution in [2.75, 3.05) is 0 Å². The first-order valence-electron chi connectivity index (χ1n) is 5.84. The van der Waals surface area contributed by atoms with E-state index in [1.165, 1.54) is 17.4 Å². The average Bonchev–Trinajstić information content (AvgIpc) is 2.89. The van der Waals surface area contributed by atoms with Crippen LogP contribution in [-0.4, -0.2) is 11.8 Å². The first kappa shape index (κ1) is 15.8. The van der Waals surface area contributed by atoms with Gasteiger partial charge in [0.05, 0.1) is 3.79 Å². The molecule has 2 aromatic rings. The van der Waals surface area contributed by atoms with Crippen molar-refractivity contribution >= 4 is 56.8 Å². The van der Waals surface area contributed by atoms with Crippen molar-refractivity contribution in [3.63, 3.8) is 0 Å². The van der Waals surface area contributed by atoms with Crippen molar-refractivity contribution in [2.45, 2.75) is 0 Å². The molecule has 0 saturated carbocycles. The summed E-state index contributed by atoms with van der Waals surface area (Å²) in [6, 6.07) is 10.1. The van der Waals surface area contributed by atoms with Crippen molar-refractivity contribution < 1.29 is 9.59 Å². The number of carbonyl (C=O) groups is 2. The maximum absolute atomic E-state index is 11.7. The van der Waals surface area contributed by atoms with Crippen molar-refractivity contribution in [2.24, 2.45) is 0 Å². The van der Waals surface area contributed by atoms with Crippen molar-refractivity contribution in [3.05, 3.63) is 61.7 Å². The number of hydrogen-bond donors (Lipinski definition) is 2. The number of hydrogen-bond acceptors (Lipinski definition) is 3. The SMILES string of the molecule is O=C(/C=C/c1ccc(Br)s1)NNC(=O)c1ccc(Cl)cc1. The second-order valence-electron chi connectivity index (χ2n) is 3.93. The summed E-state index contributed by atoms with van der Waals surface area (Å²) in [6.45, 7) is 0. The van der Waals surface area contributed by atoms with Crippen LogP contribution in [0.5, 0.6) is 0 Å². The van der Waals surface area contributed by atoms with Gasteiger partial charge in [0.1, 0.15) is 0 Å². The van der Waals surface area contributed by atoms with E-state index in [2.05, 4.69) is 26.8 Å². The molecular weight excluding hydrogens is 376 g/mol. The van der Waals surface area contributed by atoms with Crippen LogP contribution in [0.25, 0.3) is 6.08 Å². The number of amides is 2. The summed E-state index contributed by atoms with van der Waals surface area (Å²) in [5.74, 6) is -0.825. The van der Waals surface area contributed by atoms with E-state index in [4.69, 9.17) is 11.6 Å². The minimum Gasteiger partial charge on any atom is -0.268 e. The third-order valence-electron chi connectivity index (χ3n) is 2.40. The minimum atomic E-state index is -0.415. The summed E-state index contributed by atoms with van der Waals surface area (Å²) in [5.41, 5.74) is 5.04. The lowest BCUT2D eigenvalue weighted by atomic mass is 10.2. The molecule has 1 aromatic carbocycles. The molecule has 0 atom stereocenters. The Balaban J connectivity index is 1.85. The third kappa shape index (κ3) is 5.00. The van der Waals surface area contributed by atoms with Gasteiger partial charge in [-0.05, 0) is 58.4 Å². The zero-order valence-corrected chi connectivity index (χ0v) is 13.8. The van der Waals surface area contributed by atoms with Crippen LogP contribution >= 0.6 is 38.9 Å². The van der Waals surface area contributed by atoms with Crippen molar-refractivity contribution in [1.29, 1.82) is 0 Å². The molecule has 0 fully saturated rings. The van der Waals surface area contributed by atoms with Crippen LogP contribution < -0.4 is 10.9 Å². The molecule has 0 unspecified atom stereocenters. The molecule has 0 radical (unpaired) electrons. The fraction of sp³-hybridized carbons (Fsp3) is 0. The minimum absolute atomic E-state index is 0.408. The fourth-order valence-electron chi connectivity index (χ4n) is 1.41. The lowest BCUT2D eigenvalue weighted by Gasteiger charge is -2.05. The van der Waals surface area contributed by atoms with Crippen LogP contribution in [0.1, 0.15) is 15.2 Å². The number of thiophene rings is 1. The van der Waals surface area contributed by atoms with E-state index in [9.17, 15) is 9.59 Å². The summed E-state index contributed by atoms with van der Waals surface area (Å²) < 4.78 is 0.985. The monoisotopic (exact) mass is 384 g/mol. The summed E-state index contributed by atoms with van der Waals surface area (Å²) >= 11 is 10.6. The average molecular weight is 386 g/mol. The van der Waals surface area contributed by atoms with Gasteiger partial charge in [-0.15, -0.1) is 11.3 Å². The Hall–Kier alpha value is -1.63.